The maximum Gasteiger partial charge on any atom is 0.212 e. The predicted octanol–water partition coefficient (Wildman–Crippen LogP) is 2.34. The highest BCUT2D eigenvalue weighted by Crippen LogP contribution is 2.26. The van der Waals surface area contributed by atoms with E-state index in [1.807, 2.05) is 27.8 Å². The average molecular weight is 304 g/mol. The van der Waals surface area contributed by atoms with Gasteiger partial charge in [-0.3, -0.25) is 0 Å². The number of aryl methyl sites for hydroxylation is 2. The van der Waals surface area contributed by atoms with Crippen molar-refractivity contribution >= 4 is 21.4 Å². The van der Waals surface area contributed by atoms with E-state index in [9.17, 15) is 8.42 Å². The molecule has 110 valence electrons. The first-order chi connectivity index (χ1) is 8.85. The molecule has 1 heterocycles. The van der Waals surface area contributed by atoms with Crippen molar-refractivity contribution in [1.29, 1.82) is 0 Å². The minimum atomic E-state index is -3.19. The number of hydrogen-bond acceptors (Lipinski definition) is 4. The highest BCUT2D eigenvalue weighted by atomic mass is 32.2. The van der Waals surface area contributed by atoms with Gasteiger partial charge < -0.3 is 5.32 Å². The lowest BCUT2D eigenvalue weighted by Crippen LogP contribution is -2.29. The highest BCUT2D eigenvalue weighted by Gasteiger charge is 2.18. The molecule has 6 heteroatoms. The van der Waals surface area contributed by atoms with Crippen molar-refractivity contribution in [2.45, 2.75) is 39.7 Å². The number of unbranched alkanes of at least 4 members (excludes halogenated alkanes) is 1. The second kappa shape index (κ2) is 7.38. The van der Waals surface area contributed by atoms with Crippen LogP contribution in [0.25, 0.3) is 0 Å². The lowest BCUT2D eigenvalue weighted by Gasteiger charge is -2.14. The molecule has 0 fully saturated rings. The quantitative estimate of drug-likeness (QED) is 0.725. The van der Waals surface area contributed by atoms with Gasteiger partial charge in [0.15, 0.2) is 0 Å². The molecule has 1 unspecified atom stereocenters. The van der Waals surface area contributed by atoms with E-state index in [-0.39, 0.29) is 11.8 Å². The molecule has 0 aliphatic rings. The molecule has 0 amide bonds. The van der Waals surface area contributed by atoms with Crippen LogP contribution in [0.4, 0.5) is 0 Å². The van der Waals surface area contributed by atoms with Gasteiger partial charge in [-0.05, 0) is 58.8 Å². The normalized spacial score (nSPS) is 13.7. The van der Waals surface area contributed by atoms with Gasteiger partial charge in [-0.25, -0.2) is 13.1 Å². The Morgan fingerprint density at radius 3 is 2.53 bits per heavy atom. The SMILES string of the molecule is CNCCCCS(=O)(=O)NC(C)c1cc(C)sc1C. The Hall–Kier alpha value is -0.430. The predicted molar refractivity (Wildman–Crippen MR) is 82.3 cm³/mol. The zero-order chi connectivity index (χ0) is 14.5. The Morgan fingerprint density at radius 2 is 2.00 bits per heavy atom. The number of rotatable bonds is 8. The van der Waals surface area contributed by atoms with Crippen LogP contribution in [-0.2, 0) is 10.0 Å². The summed E-state index contributed by atoms with van der Waals surface area (Å²) in [5.41, 5.74) is 1.08. The summed E-state index contributed by atoms with van der Waals surface area (Å²) in [6.07, 6.45) is 1.56. The lowest BCUT2D eigenvalue weighted by molar-refractivity contribution is 0.561. The molecule has 1 atom stereocenters. The summed E-state index contributed by atoms with van der Waals surface area (Å²) in [5, 5.41) is 3.02. The van der Waals surface area contributed by atoms with E-state index in [4.69, 9.17) is 0 Å². The number of hydrogen-bond donors (Lipinski definition) is 2. The van der Waals surface area contributed by atoms with Gasteiger partial charge in [0.25, 0.3) is 0 Å². The molecule has 0 aromatic carbocycles. The molecular formula is C13H24N2O2S2. The van der Waals surface area contributed by atoms with E-state index in [0.29, 0.717) is 6.42 Å². The van der Waals surface area contributed by atoms with Crippen LogP contribution in [0.3, 0.4) is 0 Å². The van der Waals surface area contributed by atoms with Crippen molar-refractivity contribution in [3.8, 4) is 0 Å². The van der Waals surface area contributed by atoms with E-state index in [1.54, 1.807) is 11.3 Å². The van der Waals surface area contributed by atoms with Crippen LogP contribution >= 0.6 is 11.3 Å². The van der Waals surface area contributed by atoms with Crippen LogP contribution < -0.4 is 10.0 Å². The first-order valence-electron chi connectivity index (χ1n) is 6.57. The van der Waals surface area contributed by atoms with Crippen LogP contribution in [0.5, 0.6) is 0 Å². The van der Waals surface area contributed by atoms with Crippen LogP contribution in [0.15, 0.2) is 6.07 Å². The second-order valence-corrected chi connectivity index (χ2v) is 8.17. The zero-order valence-corrected chi connectivity index (χ0v) is 13.7. The Morgan fingerprint density at radius 1 is 1.32 bits per heavy atom. The third-order valence-corrected chi connectivity index (χ3v) is 5.51. The fourth-order valence-corrected chi connectivity index (χ4v) is 4.46. The van der Waals surface area contributed by atoms with Gasteiger partial charge in [0, 0.05) is 15.8 Å². The first-order valence-corrected chi connectivity index (χ1v) is 9.04. The van der Waals surface area contributed by atoms with Crippen molar-refractivity contribution in [2.24, 2.45) is 0 Å². The van der Waals surface area contributed by atoms with Gasteiger partial charge in [-0.2, -0.15) is 0 Å². The first kappa shape index (κ1) is 16.6. The molecule has 0 saturated carbocycles. The second-order valence-electron chi connectivity index (χ2n) is 4.84. The summed E-state index contributed by atoms with van der Waals surface area (Å²) in [5.74, 6) is 0.196. The zero-order valence-electron chi connectivity index (χ0n) is 12.1. The Labute approximate surface area is 120 Å². The molecular weight excluding hydrogens is 280 g/mol. The summed E-state index contributed by atoms with van der Waals surface area (Å²) in [6, 6.07) is 1.91. The lowest BCUT2D eigenvalue weighted by atomic mass is 10.1. The molecule has 0 saturated heterocycles. The topological polar surface area (TPSA) is 58.2 Å². The molecule has 0 spiro atoms. The molecule has 2 N–H and O–H groups in total. The van der Waals surface area contributed by atoms with Crippen LogP contribution in [0, 0.1) is 13.8 Å². The third kappa shape index (κ3) is 5.60. The van der Waals surface area contributed by atoms with E-state index < -0.39 is 10.0 Å². The van der Waals surface area contributed by atoms with E-state index in [2.05, 4.69) is 16.1 Å². The summed E-state index contributed by atoms with van der Waals surface area (Å²) < 4.78 is 26.7. The summed E-state index contributed by atoms with van der Waals surface area (Å²) in [7, 11) is -1.32. The van der Waals surface area contributed by atoms with Crippen LogP contribution in [0.2, 0.25) is 0 Å². The maximum absolute atomic E-state index is 12.0. The summed E-state index contributed by atoms with van der Waals surface area (Å²) in [4.78, 5) is 2.40. The summed E-state index contributed by atoms with van der Waals surface area (Å²) in [6.45, 7) is 6.83. The van der Waals surface area contributed by atoms with E-state index in [1.165, 1.54) is 9.75 Å². The van der Waals surface area contributed by atoms with E-state index >= 15 is 0 Å². The fourth-order valence-electron chi connectivity index (χ4n) is 2.07. The molecule has 0 bridgehead atoms. The standard InChI is InChI=1S/C13H24N2O2S2/c1-10-9-13(12(3)18-10)11(2)15-19(16,17)8-6-5-7-14-4/h9,11,14-15H,5-8H2,1-4H3. The maximum atomic E-state index is 12.0. The smallest absolute Gasteiger partial charge is 0.212 e. The third-order valence-electron chi connectivity index (χ3n) is 2.99. The average Bonchev–Trinajstić information content (AvgIpc) is 2.63. The molecule has 4 nitrogen and oxygen atoms in total. The molecule has 0 radical (unpaired) electrons. The molecule has 1 rings (SSSR count). The minimum Gasteiger partial charge on any atom is -0.320 e. The summed E-state index contributed by atoms with van der Waals surface area (Å²) >= 11 is 1.70. The minimum absolute atomic E-state index is 0.153. The van der Waals surface area contributed by atoms with Gasteiger partial charge in [-0.1, -0.05) is 0 Å². The van der Waals surface area contributed by atoms with Crippen molar-refractivity contribution in [2.75, 3.05) is 19.3 Å². The van der Waals surface area contributed by atoms with Crippen molar-refractivity contribution in [3.63, 3.8) is 0 Å². The van der Waals surface area contributed by atoms with Crippen molar-refractivity contribution < 1.29 is 8.42 Å². The number of sulfonamides is 1. The highest BCUT2D eigenvalue weighted by molar-refractivity contribution is 7.89. The monoisotopic (exact) mass is 304 g/mol. The van der Waals surface area contributed by atoms with Crippen LogP contribution in [0.1, 0.15) is 41.1 Å². The molecule has 19 heavy (non-hydrogen) atoms. The van der Waals surface area contributed by atoms with Gasteiger partial charge in [0.05, 0.1) is 5.75 Å². The van der Waals surface area contributed by atoms with Gasteiger partial charge >= 0.3 is 0 Å². The molecule has 1 aromatic heterocycles. The Kier molecular flexibility index (Phi) is 6.46. The van der Waals surface area contributed by atoms with Crippen LogP contribution in [-0.4, -0.2) is 27.8 Å². The fraction of sp³-hybridized carbons (Fsp3) is 0.692. The van der Waals surface area contributed by atoms with Crippen molar-refractivity contribution in [1.82, 2.24) is 10.0 Å². The van der Waals surface area contributed by atoms with Crippen molar-refractivity contribution in [3.05, 3.63) is 21.4 Å². The number of thiophene rings is 1. The Bertz CT molecular complexity index is 495. The van der Waals surface area contributed by atoms with E-state index in [0.717, 1.165) is 18.5 Å². The largest absolute Gasteiger partial charge is 0.320 e. The molecule has 0 aliphatic heterocycles. The molecule has 1 aromatic rings. The number of nitrogens with one attached hydrogen (secondary N) is 2. The molecule has 0 aliphatic carbocycles. The van der Waals surface area contributed by atoms with Gasteiger partial charge in [0.1, 0.15) is 0 Å². The Balaban J connectivity index is 2.55. The van der Waals surface area contributed by atoms with Gasteiger partial charge in [-0.15, -0.1) is 11.3 Å². The van der Waals surface area contributed by atoms with Gasteiger partial charge in [0.2, 0.25) is 10.0 Å².